The number of hydrogen-bond donors (Lipinski definition) is 1. The number of anilines is 1. The minimum atomic E-state index is -0.149. The van der Waals surface area contributed by atoms with E-state index in [0.29, 0.717) is 5.92 Å². The van der Waals surface area contributed by atoms with Gasteiger partial charge in [-0.1, -0.05) is 50.2 Å². The largest absolute Gasteiger partial charge is 0.323 e. The Balaban J connectivity index is 1.70. The molecule has 25 heavy (non-hydrogen) atoms. The molecule has 1 aromatic heterocycles. The lowest BCUT2D eigenvalue weighted by Gasteiger charge is -2.09. The van der Waals surface area contributed by atoms with Crippen molar-refractivity contribution in [2.45, 2.75) is 26.2 Å². The normalized spacial score (nSPS) is 12.4. The van der Waals surface area contributed by atoms with E-state index in [4.69, 9.17) is 0 Å². The molecule has 0 saturated carbocycles. The minimum absolute atomic E-state index is 0.149. The molecular weight excluding hydrogens is 308 g/mol. The van der Waals surface area contributed by atoms with Gasteiger partial charge in [0.15, 0.2) is 0 Å². The van der Waals surface area contributed by atoms with E-state index in [1.807, 2.05) is 42.5 Å². The lowest BCUT2D eigenvalue weighted by Crippen LogP contribution is -2.07. The molecule has 0 radical (unpaired) electrons. The van der Waals surface area contributed by atoms with Crippen molar-refractivity contribution in [1.82, 2.24) is 4.98 Å². The second-order valence-electron chi connectivity index (χ2n) is 6.18. The van der Waals surface area contributed by atoms with Crippen LogP contribution < -0.4 is 5.32 Å². The predicted octanol–water partition coefficient (Wildman–Crippen LogP) is 5.40. The smallest absolute Gasteiger partial charge is 0.248 e. The van der Waals surface area contributed by atoms with Gasteiger partial charge in [0.05, 0.1) is 5.52 Å². The number of pyridine rings is 1. The topological polar surface area (TPSA) is 42.0 Å². The molecule has 1 heterocycles. The first-order valence-corrected chi connectivity index (χ1v) is 8.60. The van der Waals surface area contributed by atoms with Crippen LogP contribution in [-0.4, -0.2) is 10.9 Å². The van der Waals surface area contributed by atoms with Crippen LogP contribution in [0.2, 0.25) is 0 Å². The van der Waals surface area contributed by atoms with E-state index in [2.05, 4.69) is 36.3 Å². The van der Waals surface area contributed by atoms with Crippen molar-refractivity contribution in [2.75, 3.05) is 5.32 Å². The van der Waals surface area contributed by atoms with Gasteiger partial charge in [-0.2, -0.15) is 0 Å². The van der Waals surface area contributed by atoms with Crippen LogP contribution in [0.5, 0.6) is 0 Å². The maximum atomic E-state index is 12.2. The molecule has 0 saturated heterocycles. The summed E-state index contributed by atoms with van der Waals surface area (Å²) in [6.45, 7) is 4.38. The molecule has 0 bridgehead atoms. The number of fused-ring (bicyclic) bond motifs is 1. The summed E-state index contributed by atoms with van der Waals surface area (Å²) in [6.07, 6.45) is 6.22. The third kappa shape index (κ3) is 4.13. The molecule has 3 heteroatoms. The van der Waals surface area contributed by atoms with E-state index in [1.54, 1.807) is 18.3 Å². The van der Waals surface area contributed by atoms with Gasteiger partial charge in [0.1, 0.15) is 0 Å². The van der Waals surface area contributed by atoms with Gasteiger partial charge in [-0.3, -0.25) is 9.78 Å². The Kier molecular flexibility index (Phi) is 5.24. The highest BCUT2D eigenvalue weighted by atomic mass is 16.1. The average Bonchev–Trinajstić information content (AvgIpc) is 2.66. The molecule has 3 nitrogen and oxygen atoms in total. The molecule has 0 spiro atoms. The zero-order chi connectivity index (χ0) is 17.6. The average molecular weight is 330 g/mol. The summed E-state index contributed by atoms with van der Waals surface area (Å²) in [6, 6.07) is 17.9. The lowest BCUT2D eigenvalue weighted by atomic mass is 9.99. The molecule has 1 unspecified atom stereocenters. The molecule has 1 atom stereocenters. The van der Waals surface area contributed by atoms with Crippen LogP contribution in [0.15, 0.2) is 66.9 Å². The van der Waals surface area contributed by atoms with Crippen molar-refractivity contribution in [1.29, 1.82) is 0 Å². The zero-order valence-corrected chi connectivity index (χ0v) is 14.6. The maximum absolute atomic E-state index is 12.2. The standard InChI is InChI=1S/C22H22N2O/c1-3-16(2)17-9-12-20(13-10-17)24-21(25)14-11-19-7-4-6-18-8-5-15-23-22(18)19/h4-16H,3H2,1-2H3,(H,24,25)/b14-11+. The van der Waals surface area contributed by atoms with Crippen LogP contribution in [-0.2, 0) is 4.79 Å². The van der Waals surface area contributed by atoms with Crippen LogP contribution >= 0.6 is 0 Å². The third-order valence-corrected chi connectivity index (χ3v) is 4.44. The first-order valence-electron chi connectivity index (χ1n) is 8.60. The van der Waals surface area contributed by atoms with E-state index in [9.17, 15) is 4.79 Å². The van der Waals surface area contributed by atoms with Crippen molar-refractivity contribution < 1.29 is 4.79 Å². The fraction of sp³-hybridized carbons (Fsp3) is 0.182. The molecular formula is C22H22N2O. The second kappa shape index (κ2) is 7.75. The van der Waals surface area contributed by atoms with Gasteiger partial charge < -0.3 is 5.32 Å². The quantitative estimate of drug-likeness (QED) is 0.636. The van der Waals surface area contributed by atoms with Crippen molar-refractivity contribution in [3.63, 3.8) is 0 Å². The molecule has 1 N–H and O–H groups in total. The number of carbonyl (C=O) groups is 1. The van der Waals surface area contributed by atoms with E-state index < -0.39 is 0 Å². The van der Waals surface area contributed by atoms with Crippen molar-refractivity contribution >= 4 is 28.6 Å². The molecule has 0 fully saturated rings. The number of amides is 1. The molecule has 0 aliphatic carbocycles. The number of nitrogens with one attached hydrogen (secondary N) is 1. The molecule has 1 amide bonds. The van der Waals surface area contributed by atoms with Gasteiger partial charge in [-0.15, -0.1) is 0 Å². The summed E-state index contributed by atoms with van der Waals surface area (Å²) >= 11 is 0. The Morgan fingerprint density at radius 2 is 1.88 bits per heavy atom. The van der Waals surface area contributed by atoms with E-state index in [-0.39, 0.29) is 5.91 Å². The summed E-state index contributed by atoms with van der Waals surface area (Å²) in [7, 11) is 0. The number of rotatable bonds is 5. The van der Waals surface area contributed by atoms with Crippen LogP contribution in [0.3, 0.4) is 0 Å². The number of aromatic nitrogens is 1. The maximum Gasteiger partial charge on any atom is 0.248 e. The molecule has 2 aromatic carbocycles. The highest BCUT2D eigenvalue weighted by Gasteiger charge is 2.04. The number of hydrogen-bond acceptors (Lipinski definition) is 2. The Bertz CT molecular complexity index is 892. The summed E-state index contributed by atoms with van der Waals surface area (Å²) in [5, 5.41) is 3.96. The minimum Gasteiger partial charge on any atom is -0.323 e. The molecule has 3 rings (SSSR count). The third-order valence-electron chi connectivity index (χ3n) is 4.44. The summed E-state index contributed by atoms with van der Waals surface area (Å²) in [5.74, 6) is 0.382. The summed E-state index contributed by atoms with van der Waals surface area (Å²) in [4.78, 5) is 16.6. The van der Waals surface area contributed by atoms with E-state index >= 15 is 0 Å². The van der Waals surface area contributed by atoms with Gasteiger partial charge in [-0.25, -0.2) is 0 Å². The van der Waals surface area contributed by atoms with Gasteiger partial charge in [0, 0.05) is 28.9 Å². The Morgan fingerprint density at radius 3 is 2.64 bits per heavy atom. The summed E-state index contributed by atoms with van der Waals surface area (Å²) < 4.78 is 0. The van der Waals surface area contributed by atoms with Crippen molar-refractivity contribution in [2.24, 2.45) is 0 Å². The van der Waals surface area contributed by atoms with Gasteiger partial charge in [0.2, 0.25) is 5.91 Å². The fourth-order valence-corrected chi connectivity index (χ4v) is 2.74. The monoisotopic (exact) mass is 330 g/mol. The lowest BCUT2D eigenvalue weighted by molar-refractivity contribution is -0.111. The first kappa shape index (κ1) is 16.9. The van der Waals surface area contributed by atoms with Crippen LogP contribution in [0.1, 0.15) is 37.3 Å². The second-order valence-corrected chi connectivity index (χ2v) is 6.18. The van der Waals surface area contributed by atoms with Gasteiger partial charge in [-0.05, 0) is 42.2 Å². The summed E-state index contributed by atoms with van der Waals surface area (Å²) in [5.41, 5.74) is 3.92. The Morgan fingerprint density at radius 1 is 1.12 bits per heavy atom. The molecule has 0 aliphatic rings. The number of para-hydroxylation sites is 1. The Hall–Kier alpha value is -2.94. The number of nitrogens with zero attached hydrogens (tertiary/aromatic N) is 1. The number of carbonyl (C=O) groups excluding carboxylic acids is 1. The van der Waals surface area contributed by atoms with Crippen LogP contribution in [0, 0.1) is 0 Å². The van der Waals surface area contributed by atoms with Crippen LogP contribution in [0.4, 0.5) is 5.69 Å². The zero-order valence-electron chi connectivity index (χ0n) is 14.6. The van der Waals surface area contributed by atoms with E-state index in [1.165, 1.54) is 5.56 Å². The highest BCUT2D eigenvalue weighted by Crippen LogP contribution is 2.21. The number of benzene rings is 2. The predicted molar refractivity (Wildman–Crippen MR) is 105 cm³/mol. The van der Waals surface area contributed by atoms with E-state index in [0.717, 1.165) is 28.6 Å². The molecule has 0 aliphatic heterocycles. The van der Waals surface area contributed by atoms with Gasteiger partial charge >= 0.3 is 0 Å². The fourth-order valence-electron chi connectivity index (χ4n) is 2.74. The van der Waals surface area contributed by atoms with Crippen molar-refractivity contribution in [3.8, 4) is 0 Å². The molecule has 3 aromatic rings. The Labute approximate surface area is 148 Å². The SMILES string of the molecule is CCC(C)c1ccc(NC(=O)/C=C/c2cccc3cccnc23)cc1. The first-order chi connectivity index (χ1) is 12.2. The molecule has 126 valence electrons. The van der Waals surface area contributed by atoms with Gasteiger partial charge in [0.25, 0.3) is 0 Å². The van der Waals surface area contributed by atoms with Crippen molar-refractivity contribution in [3.05, 3.63) is 78.0 Å². The highest BCUT2D eigenvalue weighted by molar-refractivity contribution is 6.03. The van der Waals surface area contributed by atoms with Crippen LogP contribution in [0.25, 0.3) is 17.0 Å².